The molecule has 0 radical (unpaired) electrons. The smallest absolute Gasteiger partial charge is 0.410 e. The van der Waals surface area contributed by atoms with Crippen LogP contribution < -0.4 is 4.90 Å². The van der Waals surface area contributed by atoms with Gasteiger partial charge >= 0.3 is 12.1 Å². The summed E-state index contributed by atoms with van der Waals surface area (Å²) in [4.78, 5) is 37.3. The van der Waals surface area contributed by atoms with E-state index >= 15 is 0 Å². The minimum absolute atomic E-state index is 0.120. The summed E-state index contributed by atoms with van der Waals surface area (Å²) in [7, 11) is 0. The minimum atomic E-state index is -0.581. The van der Waals surface area contributed by atoms with E-state index in [1.807, 2.05) is 62.1 Å². The summed E-state index contributed by atoms with van der Waals surface area (Å²) in [5.41, 5.74) is 4.83. The molecule has 7 rings (SSSR count). The van der Waals surface area contributed by atoms with Crippen molar-refractivity contribution < 1.29 is 23.8 Å². The third-order valence-electron chi connectivity index (χ3n) is 9.43. The van der Waals surface area contributed by atoms with E-state index in [0.717, 1.165) is 47.6 Å². The van der Waals surface area contributed by atoms with Crippen LogP contribution in [0.4, 0.5) is 15.4 Å². The van der Waals surface area contributed by atoms with E-state index in [4.69, 9.17) is 29.4 Å². The highest BCUT2D eigenvalue weighted by atomic mass is 16.6. The predicted molar refractivity (Wildman–Crippen MR) is 182 cm³/mol. The molecule has 4 aromatic rings. The van der Waals surface area contributed by atoms with Crippen molar-refractivity contribution in [1.29, 1.82) is 0 Å². The Morgan fingerprint density at radius 2 is 1.76 bits per heavy atom. The molecular weight excluding hydrogens is 628 g/mol. The zero-order valence-electron chi connectivity index (χ0n) is 29.3. The SMILES string of the molecule is Cc1nn(C(=O)N2CCN(C(=O)OC(C)(C)C)CC2)c(C)c1-c1cc(N2CCOC[C@H]2C)nc2c(-c3ccnn3C3CCCCO3)cnn12. The lowest BCUT2D eigenvalue weighted by molar-refractivity contribution is -0.0383. The molecule has 3 aliphatic heterocycles. The molecule has 15 nitrogen and oxygen atoms in total. The number of aryl methyl sites for hydroxylation is 1. The fraction of sp³-hybridized carbons (Fsp3) is 0.588. The van der Waals surface area contributed by atoms with Gasteiger partial charge in [0.2, 0.25) is 0 Å². The summed E-state index contributed by atoms with van der Waals surface area (Å²) < 4.78 is 22.6. The standard InChI is InChI=1S/C34H46N10O5/c1-22-21-47-18-16-41(22)28-19-27(44-31(37-28)25(20-36-44)26-10-11-35-43(26)29-9-7-8-17-48-29)30-23(2)38-42(24(30)3)32(45)39-12-14-40(15-13-39)33(46)49-34(4,5)6/h10-11,19-20,22,29H,7-9,12-18,21H2,1-6H3/t22-,29?/m1/s1. The number of amides is 2. The normalized spacial score (nSPS) is 20.7. The first kappa shape index (κ1) is 33.0. The zero-order valence-corrected chi connectivity index (χ0v) is 29.3. The maximum absolute atomic E-state index is 13.9. The van der Waals surface area contributed by atoms with Crippen molar-refractivity contribution in [3.05, 3.63) is 35.9 Å². The predicted octanol–water partition coefficient (Wildman–Crippen LogP) is 4.52. The molecule has 0 spiro atoms. The van der Waals surface area contributed by atoms with Gasteiger partial charge in [0.1, 0.15) is 11.4 Å². The summed E-state index contributed by atoms with van der Waals surface area (Å²) in [6.07, 6.45) is 6.14. The lowest BCUT2D eigenvalue weighted by Crippen LogP contribution is -2.52. The number of fused-ring (bicyclic) bond motifs is 1. The summed E-state index contributed by atoms with van der Waals surface area (Å²) in [6.45, 7) is 15.6. The van der Waals surface area contributed by atoms with Crippen LogP contribution in [0.25, 0.3) is 28.2 Å². The van der Waals surface area contributed by atoms with Gasteiger partial charge in [0, 0.05) is 57.2 Å². The largest absolute Gasteiger partial charge is 0.444 e. The lowest BCUT2D eigenvalue weighted by atomic mass is 10.1. The number of nitrogens with zero attached hydrogens (tertiary/aromatic N) is 10. The average Bonchev–Trinajstić information content (AvgIpc) is 3.81. The summed E-state index contributed by atoms with van der Waals surface area (Å²) in [6, 6.07) is 3.91. The van der Waals surface area contributed by atoms with E-state index in [-0.39, 0.29) is 24.4 Å². The maximum Gasteiger partial charge on any atom is 0.410 e. The highest BCUT2D eigenvalue weighted by molar-refractivity contribution is 5.83. The number of morpholine rings is 1. The van der Waals surface area contributed by atoms with Crippen molar-refractivity contribution in [3.63, 3.8) is 0 Å². The molecule has 4 aromatic heterocycles. The monoisotopic (exact) mass is 674 g/mol. The number of rotatable bonds is 4. The van der Waals surface area contributed by atoms with Gasteiger partial charge in [0.05, 0.1) is 53.8 Å². The van der Waals surface area contributed by atoms with Crippen molar-refractivity contribution >= 4 is 23.6 Å². The molecule has 49 heavy (non-hydrogen) atoms. The van der Waals surface area contributed by atoms with Crippen LogP contribution in [0, 0.1) is 13.8 Å². The van der Waals surface area contributed by atoms with E-state index in [2.05, 4.69) is 16.9 Å². The second kappa shape index (κ2) is 13.1. The third-order valence-corrected chi connectivity index (χ3v) is 9.43. The van der Waals surface area contributed by atoms with E-state index < -0.39 is 5.60 Å². The molecule has 15 heteroatoms. The Hall–Kier alpha value is -4.50. The number of carbonyl (C=O) groups is 2. The average molecular weight is 675 g/mol. The third kappa shape index (κ3) is 6.36. The van der Waals surface area contributed by atoms with Crippen LogP contribution in [-0.4, -0.2) is 120 Å². The highest BCUT2D eigenvalue weighted by Gasteiger charge is 2.32. The van der Waals surface area contributed by atoms with Gasteiger partial charge in [-0.1, -0.05) is 0 Å². The van der Waals surface area contributed by atoms with E-state index in [9.17, 15) is 9.59 Å². The molecule has 7 heterocycles. The Morgan fingerprint density at radius 3 is 2.47 bits per heavy atom. The van der Waals surface area contributed by atoms with Crippen LogP contribution in [0.15, 0.2) is 24.5 Å². The Labute approximate surface area is 285 Å². The number of aromatic nitrogens is 7. The highest BCUT2D eigenvalue weighted by Crippen LogP contribution is 2.36. The van der Waals surface area contributed by atoms with Gasteiger partial charge in [0.25, 0.3) is 0 Å². The van der Waals surface area contributed by atoms with Gasteiger partial charge < -0.3 is 28.9 Å². The quantitative estimate of drug-likeness (QED) is 0.304. The van der Waals surface area contributed by atoms with Crippen LogP contribution >= 0.6 is 0 Å². The summed E-state index contributed by atoms with van der Waals surface area (Å²) >= 11 is 0. The van der Waals surface area contributed by atoms with Crippen molar-refractivity contribution in [2.24, 2.45) is 0 Å². The Morgan fingerprint density at radius 1 is 0.980 bits per heavy atom. The van der Waals surface area contributed by atoms with Gasteiger partial charge in [-0.05, 0) is 66.9 Å². The van der Waals surface area contributed by atoms with Gasteiger partial charge in [-0.2, -0.15) is 20.0 Å². The molecule has 3 fully saturated rings. The van der Waals surface area contributed by atoms with Crippen LogP contribution in [0.1, 0.15) is 64.6 Å². The number of hydrogen-bond donors (Lipinski definition) is 0. The zero-order chi connectivity index (χ0) is 34.4. The van der Waals surface area contributed by atoms with Crippen molar-refractivity contribution in [2.45, 2.75) is 78.7 Å². The molecule has 0 aliphatic carbocycles. The number of carbonyl (C=O) groups excluding carboxylic acids is 2. The molecule has 0 saturated carbocycles. The number of ether oxygens (including phenoxy) is 3. The maximum atomic E-state index is 13.9. The Balaban J connectivity index is 1.25. The van der Waals surface area contributed by atoms with Gasteiger partial charge in [-0.3, -0.25) is 0 Å². The van der Waals surface area contributed by atoms with E-state index in [0.29, 0.717) is 69.6 Å². The van der Waals surface area contributed by atoms with Crippen LogP contribution in [0.5, 0.6) is 0 Å². The topological polar surface area (TPSA) is 137 Å². The first-order valence-electron chi connectivity index (χ1n) is 17.2. The summed E-state index contributed by atoms with van der Waals surface area (Å²) in [5, 5.41) is 14.3. The minimum Gasteiger partial charge on any atom is -0.444 e. The molecule has 0 bridgehead atoms. The van der Waals surface area contributed by atoms with Crippen LogP contribution in [0.3, 0.4) is 0 Å². The number of hydrogen-bond acceptors (Lipinski definition) is 10. The van der Waals surface area contributed by atoms with Crippen LogP contribution in [-0.2, 0) is 14.2 Å². The molecular formula is C34H46N10O5. The van der Waals surface area contributed by atoms with E-state index in [1.54, 1.807) is 16.0 Å². The number of anilines is 1. The second-order valence-corrected chi connectivity index (χ2v) is 14.1. The molecule has 0 aromatic carbocycles. The lowest BCUT2D eigenvalue weighted by Gasteiger charge is -2.35. The fourth-order valence-corrected chi connectivity index (χ4v) is 6.94. The van der Waals surface area contributed by atoms with Gasteiger partial charge in [-0.15, -0.1) is 0 Å². The molecule has 3 aliphatic rings. The summed E-state index contributed by atoms with van der Waals surface area (Å²) in [5.74, 6) is 0.802. The Kier molecular flexibility index (Phi) is 8.82. The Bertz CT molecular complexity index is 1840. The van der Waals surface area contributed by atoms with Crippen molar-refractivity contribution in [2.75, 3.05) is 57.4 Å². The van der Waals surface area contributed by atoms with Gasteiger partial charge in [-0.25, -0.2) is 23.8 Å². The first-order valence-corrected chi connectivity index (χ1v) is 17.2. The molecule has 3 saturated heterocycles. The fourth-order valence-electron chi connectivity index (χ4n) is 6.94. The molecule has 262 valence electrons. The number of piperazine rings is 1. The molecule has 1 unspecified atom stereocenters. The molecule has 2 atom stereocenters. The second-order valence-electron chi connectivity index (χ2n) is 14.1. The van der Waals surface area contributed by atoms with E-state index in [1.165, 1.54) is 4.68 Å². The molecule has 2 amide bonds. The van der Waals surface area contributed by atoms with Crippen molar-refractivity contribution in [1.82, 2.24) is 44.0 Å². The molecule has 0 N–H and O–H groups in total. The first-order chi connectivity index (χ1) is 23.5. The van der Waals surface area contributed by atoms with Crippen molar-refractivity contribution in [3.8, 4) is 22.5 Å². The van der Waals surface area contributed by atoms with Gasteiger partial charge in [0.15, 0.2) is 11.9 Å². The van der Waals surface area contributed by atoms with Crippen LogP contribution in [0.2, 0.25) is 0 Å².